The Morgan fingerprint density at radius 3 is 1.22 bits per heavy atom. The highest BCUT2D eigenvalue weighted by atomic mass is 16.2. The lowest BCUT2D eigenvalue weighted by molar-refractivity contribution is 0.282. The zero-order chi connectivity index (χ0) is 16.8. The molecule has 0 aromatic carbocycles. The highest BCUT2D eigenvalue weighted by molar-refractivity contribution is 4.81. The summed E-state index contributed by atoms with van der Waals surface area (Å²) in [5.41, 5.74) is 5.49. The van der Waals surface area contributed by atoms with E-state index in [4.69, 9.17) is 10.8 Å². The molecule has 0 bridgehead atoms. The summed E-state index contributed by atoms with van der Waals surface area (Å²) >= 11 is 0. The number of aliphatic hydroxyl groups excluding tert-OH is 1. The van der Waals surface area contributed by atoms with Gasteiger partial charge < -0.3 is 10.8 Å². The third kappa shape index (κ3) is 21.7. The molecule has 0 rings (SSSR count). The van der Waals surface area contributed by atoms with Crippen molar-refractivity contribution in [1.29, 1.82) is 0 Å². The molecule has 0 aromatic heterocycles. The highest BCUT2D eigenvalue weighted by Gasteiger charge is 1.92. The van der Waals surface area contributed by atoms with Gasteiger partial charge >= 0.3 is 0 Å². The summed E-state index contributed by atoms with van der Waals surface area (Å²) in [4.78, 5) is 0. The molecule has 0 heterocycles. The Morgan fingerprint density at radius 1 is 0.478 bits per heavy atom. The lowest BCUT2D eigenvalue weighted by Gasteiger charge is -2.01. The van der Waals surface area contributed by atoms with E-state index in [0.29, 0.717) is 6.61 Å². The molecule has 0 amide bonds. The summed E-state index contributed by atoms with van der Waals surface area (Å²) in [6, 6.07) is 0. The van der Waals surface area contributed by atoms with Crippen molar-refractivity contribution < 1.29 is 5.11 Å². The fourth-order valence-electron chi connectivity index (χ4n) is 2.96. The van der Waals surface area contributed by atoms with Crippen molar-refractivity contribution in [2.45, 2.75) is 109 Å². The van der Waals surface area contributed by atoms with Crippen molar-refractivity contribution in [3.63, 3.8) is 0 Å². The van der Waals surface area contributed by atoms with Crippen LogP contribution in [0.25, 0.3) is 0 Å². The number of rotatable bonds is 19. The van der Waals surface area contributed by atoms with Crippen LogP contribution < -0.4 is 5.73 Å². The average molecular weight is 326 g/mol. The molecule has 0 radical (unpaired) electrons. The molecule has 0 atom stereocenters. The second-order valence-corrected chi connectivity index (χ2v) is 6.86. The minimum atomic E-state index is 0.363. The molecule has 0 unspecified atom stereocenters. The number of aliphatic hydroxyl groups is 1. The van der Waals surface area contributed by atoms with E-state index in [1.165, 1.54) is 103 Å². The maximum atomic E-state index is 8.70. The Labute approximate surface area is 145 Å². The van der Waals surface area contributed by atoms with Crippen LogP contribution in [0.15, 0.2) is 12.2 Å². The van der Waals surface area contributed by atoms with E-state index >= 15 is 0 Å². The molecule has 0 aliphatic carbocycles. The van der Waals surface area contributed by atoms with Crippen LogP contribution in [0.4, 0.5) is 0 Å². The van der Waals surface area contributed by atoms with Gasteiger partial charge in [-0.2, -0.15) is 0 Å². The van der Waals surface area contributed by atoms with E-state index in [0.717, 1.165) is 13.0 Å². The SMILES string of the molecule is NCCCCCCCC/C=C\CCCCCCCCCCCO. The molecule has 0 spiro atoms. The van der Waals surface area contributed by atoms with Gasteiger partial charge in [0.05, 0.1) is 0 Å². The first kappa shape index (κ1) is 22.7. The van der Waals surface area contributed by atoms with Crippen molar-refractivity contribution in [2.75, 3.05) is 13.2 Å². The molecule has 0 aromatic rings. The van der Waals surface area contributed by atoms with Gasteiger partial charge in [0.15, 0.2) is 0 Å². The smallest absolute Gasteiger partial charge is 0.0431 e. The van der Waals surface area contributed by atoms with E-state index in [-0.39, 0.29) is 0 Å². The van der Waals surface area contributed by atoms with E-state index in [1.807, 2.05) is 0 Å². The average Bonchev–Trinajstić information content (AvgIpc) is 2.57. The van der Waals surface area contributed by atoms with Gasteiger partial charge in [0.2, 0.25) is 0 Å². The molecular weight excluding hydrogens is 282 g/mol. The van der Waals surface area contributed by atoms with E-state index in [1.54, 1.807) is 0 Å². The van der Waals surface area contributed by atoms with Gasteiger partial charge in [-0.3, -0.25) is 0 Å². The number of unbranched alkanes of at least 4 members (excludes halogenated alkanes) is 15. The van der Waals surface area contributed by atoms with E-state index < -0.39 is 0 Å². The molecule has 2 nitrogen and oxygen atoms in total. The summed E-state index contributed by atoms with van der Waals surface area (Å²) < 4.78 is 0. The zero-order valence-corrected chi connectivity index (χ0v) is 15.6. The number of allylic oxidation sites excluding steroid dienone is 2. The Hall–Kier alpha value is -0.340. The number of hydrogen-bond acceptors (Lipinski definition) is 2. The molecule has 0 saturated carbocycles. The predicted octanol–water partition coefficient (Wildman–Crippen LogP) is 6.13. The third-order valence-corrected chi connectivity index (χ3v) is 4.52. The first-order chi connectivity index (χ1) is 11.4. The second kappa shape index (κ2) is 21.7. The molecule has 0 aliphatic heterocycles. The van der Waals surface area contributed by atoms with Gasteiger partial charge in [0, 0.05) is 6.61 Å². The fraction of sp³-hybridized carbons (Fsp3) is 0.905. The van der Waals surface area contributed by atoms with Crippen molar-refractivity contribution in [3.05, 3.63) is 12.2 Å². The Bertz CT molecular complexity index is 228. The molecular formula is C21H43NO. The van der Waals surface area contributed by atoms with Crippen LogP contribution in [0.3, 0.4) is 0 Å². The van der Waals surface area contributed by atoms with E-state index in [2.05, 4.69) is 12.2 Å². The van der Waals surface area contributed by atoms with Crippen LogP contribution in [0.2, 0.25) is 0 Å². The summed E-state index contributed by atoms with van der Waals surface area (Å²) in [6.45, 7) is 1.22. The van der Waals surface area contributed by atoms with Gasteiger partial charge in [0.1, 0.15) is 0 Å². The predicted molar refractivity (Wildman–Crippen MR) is 104 cm³/mol. The van der Waals surface area contributed by atoms with Crippen molar-refractivity contribution >= 4 is 0 Å². The largest absolute Gasteiger partial charge is 0.396 e. The van der Waals surface area contributed by atoms with Gasteiger partial charge in [-0.15, -0.1) is 0 Å². The summed E-state index contributed by atoms with van der Waals surface area (Å²) in [5, 5.41) is 8.70. The molecule has 3 N–H and O–H groups in total. The van der Waals surface area contributed by atoms with Crippen LogP contribution in [-0.4, -0.2) is 18.3 Å². The number of nitrogens with two attached hydrogens (primary N) is 1. The normalized spacial score (nSPS) is 11.6. The Kier molecular flexibility index (Phi) is 21.3. The van der Waals surface area contributed by atoms with Gasteiger partial charge in [-0.05, 0) is 45.1 Å². The highest BCUT2D eigenvalue weighted by Crippen LogP contribution is 2.11. The van der Waals surface area contributed by atoms with Crippen LogP contribution in [0.5, 0.6) is 0 Å². The lowest BCUT2D eigenvalue weighted by Crippen LogP contribution is -1.97. The molecule has 138 valence electrons. The molecule has 0 fully saturated rings. The maximum absolute atomic E-state index is 8.70. The quantitative estimate of drug-likeness (QED) is 0.222. The summed E-state index contributed by atoms with van der Waals surface area (Å²) in [7, 11) is 0. The van der Waals surface area contributed by atoms with Crippen molar-refractivity contribution in [1.82, 2.24) is 0 Å². The van der Waals surface area contributed by atoms with Gasteiger partial charge in [-0.1, -0.05) is 82.8 Å². The van der Waals surface area contributed by atoms with E-state index in [9.17, 15) is 0 Å². The minimum absolute atomic E-state index is 0.363. The molecule has 2 heteroatoms. The van der Waals surface area contributed by atoms with Crippen LogP contribution >= 0.6 is 0 Å². The van der Waals surface area contributed by atoms with Crippen molar-refractivity contribution in [2.24, 2.45) is 5.73 Å². The molecule has 23 heavy (non-hydrogen) atoms. The lowest BCUT2D eigenvalue weighted by atomic mass is 10.1. The monoisotopic (exact) mass is 325 g/mol. The first-order valence-corrected chi connectivity index (χ1v) is 10.4. The molecule has 0 saturated heterocycles. The topological polar surface area (TPSA) is 46.2 Å². The van der Waals surface area contributed by atoms with Crippen LogP contribution in [-0.2, 0) is 0 Å². The number of hydrogen-bond donors (Lipinski definition) is 2. The van der Waals surface area contributed by atoms with Crippen LogP contribution in [0.1, 0.15) is 109 Å². The second-order valence-electron chi connectivity index (χ2n) is 6.86. The minimum Gasteiger partial charge on any atom is -0.396 e. The standard InChI is InChI=1S/C21H43NO/c22-20-18-16-14-12-10-8-6-4-2-1-3-5-7-9-11-13-15-17-19-21-23/h2,4,23H,1,3,5-22H2/b4-2-. The van der Waals surface area contributed by atoms with Crippen LogP contribution in [0, 0.1) is 0 Å². The van der Waals surface area contributed by atoms with Crippen molar-refractivity contribution in [3.8, 4) is 0 Å². The first-order valence-electron chi connectivity index (χ1n) is 10.4. The van der Waals surface area contributed by atoms with Gasteiger partial charge in [-0.25, -0.2) is 0 Å². The molecule has 0 aliphatic rings. The fourth-order valence-corrected chi connectivity index (χ4v) is 2.96. The Morgan fingerprint density at radius 2 is 0.826 bits per heavy atom. The maximum Gasteiger partial charge on any atom is 0.0431 e. The third-order valence-electron chi connectivity index (χ3n) is 4.52. The van der Waals surface area contributed by atoms with Gasteiger partial charge in [0.25, 0.3) is 0 Å². The zero-order valence-electron chi connectivity index (χ0n) is 15.6. The summed E-state index contributed by atoms with van der Waals surface area (Å²) in [6.07, 6.45) is 27.1. The summed E-state index contributed by atoms with van der Waals surface area (Å²) in [5.74, 6) is 0. The Balaban J connectivity index is 3.03.